The van der Waals surface area contributed by atoms with Gasteiger partial charge in [-0.2, -0.15) is 5.26 Å². The number of halogens is 1. The third-order valence-corrected chi connectivity index (χ3v) is 4.27. The van der Waals surface area contributed by atoms with Gasteiger partial charge in [-0.3, -0.25) is 4.99 Å². The molecule has 3 N–H and O–H groups in total. The summed E-state index contributed by atoms with van der Waals surface area (Å²) in [6.45, 7) is 0.695. The summed E-state index contributed by atoms with van der Waals surface area (Å²) in [5.41, 5.74) is 6.69. The molecule has 1 fully saturated rings. The van der Waals surface area contributed by atoms with Crippen LogP contribution in [0.4, 0.5) is 5.69 Å². The lowest BCUT2D eigenvalue weighted by Gasteiger charge is -2.23. The van der Waals surface area contributed by atoms with Gasteiger partial charge in [-0.05, 0) is 49.8 Å². The van der Waals surface area contributed by atoms with Crippen molar-refractivity contribution in [2.45, 2.75) is 25.7 Å². The Morgan fingerprint density at radius 2 is 2.18 bits per heavy atom. The predicted octanol–water partition coefficient (Wildman–Crippen LogP) is 3.41. The highest BCUT2D eigenvalue weighted by molar-refractivity contribution is 6.32. The molecule has 6 heteroatoms. The first-order valence-corrected chi connectivity index (χ1v) is 7.80. The molecule has 1 saturated carbocycles. The average Bonchev–Trinajstić information content (AvgIpc) is 2.53. The molecule has 0 amide bonds. The number of ether oxygens (including phenoxy) is 1. The van der Waals surface area contributed by atoms with E-state index in [1.807, 2.05) is 6.07 Å². The molecule has 118 valence electrons. The first-order chi connectivity index (χ1) is 10.6. The van der Waals surface area contributed by atoms with Crippen molar-refractivity contribution in [3.63, 3.8) is 0 Å². The standard InChI is InChI=1S/C16H21ClN4O/c1-22-15-7-6-13(8-14(15)17)21-16(19)20-10-12-4-2-11(9-18)3-5-12/h6-8,11-12H,2-5,10H2,1H3,(H3,19,20,21). The maximum absolute atomic E-state index is 8.89. The van der Waals surface area contributed by atoms with E-state index in [1.54, 1.807) is 19.2 Å². The van der Waals surface area contributed by atoms with Crippen LogP contribution in [0.1, 0.15) is 25.7 Å². The lowest BCUT2D eigenvalue weighted by atomic mass is 9.83. The van der Waals surface area contributed by atoms with Crippen LogP contribution in [-0.4, -0.2) is 19.6 Å². The SMILES string of the molecule is COc1ccc(NC(N)=NCC2CCC(C#N)CC2)cc1Cl. The van der Waals surface area contributed by atoms with E-state index in [0.717, 1.165) is 31.4 Å². The number of methoxy groups -OCH3 is 1. The van der Waals surface area contributed by atoms with Crippen molar-refractivity contribution >= 4 is 23.2 Å². The Hall–Kier alpha value is -1.93. The van der Waals surface area contributed by atoms with E-state index >= 15 is 0 Å². The number of aliphatic imine (C=N–C) groups is 1. The Morgan fingerprint density at radius 3 is 2.77 bits per heavy atom. The Balaban J connectivity index is 1.85. The van der Waals surface area contributed by atoms with E-state index in [4.69, 9.17) is 27.3 Å². The lowest BCUT2D eigenvalue weighted by molar-refractivity contribution is 0.322. The molecule has 0 aromatic heterocycles. The summed E-state index contributed by atoms with van der Waals surface area (Å²) in [6, 6.07) is 7.71. The Kier molecular flexibility index (Phi) is 5.91. The number of hydrogen-bond acceptors (Lipinski definition) is 3. The van der Waals surface area contributed by atoms with Crippen molar-refractivity contribution in [2.24, 2.45) is 22.6 Å². The molecule has 22 heavy (non-hydrogen) atoms. The molecule has 0 aliphatic heterocycles. The molecule has 1 aliphatic carbocycles. The molecule has 0 radical (unpaired) electrons. The summed E-state index contributed by atoms with van der Waals surface area (Å²) in [5, 5.41) is 12.4. The number of hydrogen-bond donors (Lipinski definition) is 2. The van der Waals surface area contributed by atoms with Gasteiger partial charge in [-0.25, -0.2) is 0 Å². The van der Waals surface area contributed by atoms with Gasteiger partial charge in [-0.1, -0.05) is 11.6 Å². The number of nitrogens with zero attached hydrogens (tertiary/aromatic N) is 2. The van der Waals surface area contributed by atoms with E-state index in [2.05, 4.69) is 16.4 Å². The lowest BCUT2D eigenvalue weighted by Crippen LogP contribution is -2.24. The highest BCUT2D eigenvalue weighted by Gasteiger charge is 2.20. The summed E-state index contributed by atoms with van der Waals surface area (Å²) in [4.78, 5) is 4.39. The molecule has 0 heterocycles. The van der Waals surface area contributed by atoms with Crippen molar-refractivity contribution in [1.82, 2.24) is 0 Å². The van der Waals surface area contributed by atoms with E-state index in [1.165, 1.54) is 0 Å². The number of guanidine groups is 1. The number of nitrogens with two attached hydrogens (primary N) is 1. The maximum atomic E-state index is 8.89. The minimum atomic E-state index is 0.220. The fourth-order valence-electron chi connectivity index (χ4n) is 2.63. The van der Waals surface area contributed by atoms with Crippen LogP contribution in [-0.2, 0) is 0 Å². The van der Waals surface area contributed by atoms with E-state index < -0.39 is 0 Å². The number of nitriles is 1. The first kappa shape index (κ1) is 16.4. The molecule has 0 spiro atoms. The van der Waals surface area contributed by atoms with Crippen LogP contribution in [0.2, 0.25) is 5.02 Å². The molecule has 0 unspecified atom stereocenters. The molecule has 0 bridgehead atoms. The van der Waals surface area contributed by atoms with Gasteiger partial charge >= 0.3 is 0 Å². The molecule has 0 saturated heterocycles. The Morgan fingerprint density at radius 1 is 1.45 bits per heavy atom. The smallest absolute Gasteiger partial charge is 0.193 e. The highest BCUT2D eigenvalue weighted by atomic mass is 35.5. The number of benzene rings is 1. The Bertz CT molecular complexity index is 574. The van der Waals surface area contributed by atoms with E-state index in [-0.39, 0.29) is 5.92 Å². The molecular weight excluding hydrogens is 300 g/mol. The van der Waals surface area contributed by atoms with Gasteiger partial charge in [0, 0.05) is 18.2 Å². The van der Waals surface area contributed by atoms with Gasteiger partial charge in [0.25, 0.3) is 0 Å². The third kappa shape index (κ3) is 4.54. The summed E-state index contributed by atoms with van der Waals surface area (Å²) >= 11 is 6.07. The minimum Gasteiger partial charge on any atom is -0.495 e. The zero-order valence-electron chi connectivity index (χ0n) is 12.7. The van der Waals surface area contributed by atoms with Crippen LogP contribution in [0.25, 0.3) is 0 Å². The number of anilines is 1. The van der Waals surface area contributed by atoms with Crippen molar-refractivity contribution < 1.29 is 4.74 Å². The molecule has 1 aromatic rings. The van der Waals surface area contributed by atoms with Gasteiger partial charge in [-0.15, -0.1) is 0 Å². The molecule has 0 atom stereocenters. The van der Waals surface area contributed by atoms with Crippen LogP contribution >= 0.6 is 11.6 Å². The van der Waals surface area contributed by atoms with Crippen LogP contribution in [0, 0.1) is 23.2 Å². The van der Waals surface area contributed by atoms with Crippen LogP contribution in [0.15, 0.2) is 23.2 Å². The topological polar surface area (TPSA) is 83.4 Å². The second-order valence-electron chi connectivity index (χ2n) is 5.55. The molecule has 1 aliphatic rings. The van der Waals surface area contributed by atoms with Gasteiger partial charge in [0.2, 0.25) is 0 Å². The van der Waals surface area contributed by atoms with Crippen molar-refractivity contribution in [2.75, 3.05) is 19.0 Å². The van der Waals surface area contributed by atoms with Crippen molar-refractivity contribution in [1.29, 1.82) is 5.26 Å². The van der Waals surface area contributed by atoms with Crippen molar-refractivity contribution in [3.8, 4) is 11.8 Å². The largest absolute Gasteiger partial charge is 0.495 e. The van der Waals surface area contributed by atoms with Crippen LogP contribution in [0.5, 0.6) is 5.75 Å². The van der Waals surface area contributed by atoms with Crippen LogP contribution < -0.4 is 15.8 Å². The normalized spacial score (nSPS) is 22.0. The van der Waals surface area contributed by atoms with Crippen LogP contribution in [0.3, 0.4) is 0 Å². The fourth-order valence-corrected chi connectivity index (χ4v) is 2.89. The Labute approximate surface area is 136 Å². The van der Waals surface area contributed by atoms with Gasteiger partial charge < -0.3 is 15.8 Å². The van der Waals surface area contributed by atoms with E-state index in [0.29, 0.717) is 29.2 Å². The minimum absolute atomic E-state index is 0.220. The maximum Gasteiger partial charge on any atom is 0.193 e. The predicted molar refractivity (Wildman–Crippen MR) is 89.2 cm³/mol. The second kappa shape index (κ2) is 7.90. The van der Waals surface area contributed by atoms with E-state index in [9.17, 15) is 0 Å². The summed E-state index contributed by atoms with van der Waals surface area (Å²) in [6.07, 6.45) is 4.03. The highest BCUT2D eigenvalue weighted by Crippen LogP contribution is 2.29. The number of nitrogens with one attached hydrogen (secondary N) is 1. The molecule has 1 aromatic carbocycles. The third-order valence-electron chi connectivity index (χ3n) is 3.97. The number of rotatable bonds is 4. The average molecular weight is 321 g/mol. The monoisotopic (exact) mass is 320 g/mol. The second-order valence-corrected chi connectivity index (χ2v) is 5.95. The molecule has 2 rings (SSSR count). The molecule has 5 nitrogen and oxygen atoms in total. The zero-order valence-corrected chi connectivity index (χ0v) is 13.4. The summed E-state index contributed by atoms with van der Waals surface area (Å²) in [7, 11) is 1.57. The van der Waals surface area contributed by atoms with Gasteiger partial charge in [0.05, 0.1) is 18.2 Å². The summed E-state index contributed by atoms with van der Waals surface area (Å²) < 4.78 is 5.11. The van der Waals surface area contributed by atoms with Gasteiger partial charge in [0.15, 0.2) is 5.96 Å². The molecular formula is C16H21ClN4O. The summed E-state index contributed by atoms with van der Waals surface area (Å²) in [5.74, 6) is 1.74. The quantitative estimate of drug-likeness (QED) is 0.658. The zero-order chi connectivity index (χ0) is 15.9. The van der Waals surface area contributed by atoms with Crippen molar-refractivity contribution in [3.05, 3.63) is 23.2 Å². The fraction of sp³-hybridized carbons (Fsp3) is 0.500. The van der Waals surface area contributed by atoms with Gasteiger partial charge in [0.1, 0.15) is 5.75 Å². The first-order valence-electron chi connectivity index (χ1n) is 7.42.